The fraction of sp³-hybridized carbons (Fsp3) is 0.700. The predicted octanol–water partition coefficient (Wildman–Crippen LogP) is 1.18. The van der Waals surface area contributed by atoms with E-state index in [0.29, 0.717) is 6.42 Å². The van der Waals surface area contributed by atoms with Crippen LogP contribution in [0, 0.1) is 0 Å². The van der Waals surface area contributed by atoms with Crippen molar-refractivity contribution in [2.24, 2.45) is 0 Å². The van der Waals surface area contributed by atoms with Crippen LogP contribution in [0.2, 0.25) is 0 Å². The van der Waals surface area contributed by atoms with Crippen LogP contribution in [0.3, 0.4) is 0 Å². The topological polar surface area (TPSA) is 63.6 Å². The molecule has 0 saturated carbocycles. The minimum atomic E-state index is -1.47. The minimum Gasteiger partial charge on any atom is -0.479 e. The van der Waals surface area contributed by atoms with E-state index in [9.17, 15) is 9.59 Å². The Morgan fingerprint density at radius 1 is 1.50 bits per heavy atom. The second-order valence-electron chi connectivity index (χ2n) is 4.17. The Morgan fingerprint density at radius 3 is 2.57 bits per heavy atom. The number of carboxylic acids is 1. The summed E-state index contributed by atoms with van der Waals surface area (Å²) in [6.07, 6.45) is 2.84. The van der Waals surface area contributed by atoms with E-state index in [-0.39, 0.29) is 0 Å². The molecule has 4 nitrogen and oxygen atoms in total. The largest absolute Gasteiger partial charge is 0.479 e. The summed E-state index contributed by atoms with van der Waals surface area (Å²) >= 11 is 0. The average Bonchev–Trinajstić information content (AvgIpc) is 2.02. The Labute approximate surface area is 82.6 Å². The predicted molar refractivity (Wildman–Crippen MR) is 49.6 cm³/mol. The Balaban J connectivity index is 2.99. The Morgan fingerprint density at radius 2 is 2.14 bits per heavy atom. The van der Waals surface area contributed by atoms with E-state index >= 15 is 0 Å². The normalized spacial score (nSPS) is 30.4. The third-order valence-corrected chi connectivity index (χ3v) is 2.44. The molecule has 0 aromatic heterocycles. The van der Waals surface area contributed by atoms with Gasteiger partial charge in [-0.05, 0) is 33.1 Å². The SMILES string of the molecule is CC1(C)CCCC(C=C=O)(C(=O)O)O1. The molecule has 1 aliphatic rings. The third kappa shape index (κ3) is 2.03. The molecule has 14 heavy (non-hydrogen) atoms. The lowest BCUT2D eigenvalue weighted by Gasteiger charge is -2.40. The molecule has 0 aliphatic carbocycles. The van der Waals surface area contributed by atoms with Gasteiger partial charge in [-0.25, -0.2) is 9.59 Å². The molecule has 0 spiro atoms. The molecule has 0 amide bonds. The van der Waals surface area contributed by atoms with Crippen molar-refractivity contribution in [2.45, 2.75) is 44.3 Å². The molecular formula is C10H14O4. The molecule has 1 fully saturated rings. The number of rotatable bonds is 2. The maximum Gasteiger partial charge on any atom is 0.340 e. The fourth-order valence-electron chi connectivity index (χ4n) is 1.78. The molecule has 78 valence electrons. The maximum absolute atomic E-state index is 11.0. The van der Waals surface area contributed by atoms with Gasteiger partial charge in [0.05, 0.1) is 5.60 Å². The molecule has 1 rings (SSSR count). The molecule has 1 atom stereocenters. The molecule has 0 radical (unpaired) electrons. The molecule has 1 aliphatic heterocycles. The lowest BCUT2D eigenvalue weighted by Crippen LogP contribution is -2.49. The molecule has 1 saturated heterocycles. The van der Waals surface area contributed by atoms with Gasteiger partial charge in [0.25, 0.3) is 0 Å². The molecule has 1 heterocycles. The van der Waals surface area contributed by atoms with E-state index < -0.39 is 17.2 Å². The zero-order valence-corrected chi connectivity index (χ0v) is 8.37. The van der Waals surface area contributed by atoms with Gasteiger partial charge in [0.2, 0.25) is 0 Å². The third-order valence-electron chi connectivity index (χ3n) is 2.44. The number of aliphatic carboxylic acids is 1. The van der Waals surface area contributed by atoms with Gasteiger partial charge in [0, 0.05) is 6.08 Å². The first-order chi connectivity index (χ1) is 6.42. The van der Waals surface area contributed by atoms with Crippen LogP contribution in [0.4, 0.5) is 0 Å². The zero-order valence-electron chi connectivity index (χ0n) is 8.37. The highest BCUT2D eigenvalue weighted by atomic mass is 16.5. The number of carbonyl (C=O) groups is 1. The van der Waals surface area contributed by atoms with Crippen LogP contribution in [-0.4, -0.2) is 28.2 Å². The Hall–Kier alpha value is -1.12. The van der Waals surface area contributed by atoms with Gasteiger partial charge in [0.15, 0.2) is 5.60 Å². The van der Waals surface area contributed by atoms with Crippen molar-refractivity contribution in [3.8, 4) is 0 Å². The highest BCUT2D eigenvalue weighted by Gasteiger charge is 2.45. The summed E-state index contributed by atoms with van der Waals surface area (Å²) in [6.45, 7) is 3.64. The van der Waals surface area contributed by atoms with Crippen LogP contribution >= 0.6 is 0 Å². The van der Waals surface area contributed by atoms with Crippen molar-refractivity contribution in [1.29, 1.82) is 0 Å². The Bertz CT molecular complexity index is 284. The van der Waals surface area contributed by atoms with Crippen molar-refractivity contribution >= 4 is 11.9 Å². The molecule has 0 aromatic carbocycles. The number of carbonyl (C=O) groups excluding carboxylic acids is 1. The van der Waals surface area contributed by atoms with E-state index in [1.54, 1.807) is 0 Å². The quantitative estimate of drug-likeness (QED) is 0.676. The Kier molecular flexibility index (Phi) is 2.79. The van der Waals surface area contributed by atoms with Gasteiger partial charge in [-0.15, -0.1) is 0 Å². The van der Waals surface area contributed by atoms with Crippen molar-refractivity contribution in [3.63, 3.8) is 0 Å². The van der Waals surface area contributed by atoms with Crippen molar-refractivity contribution < 1.29 is 19.4 Å². The summed E-state index contributed by atoms with van der Waals surface area (Å²) in [6, 6.07) is 0. The number of ether oxygens (including phenoxy) is 1. The van der Waals surface area contributed by atoms with Gasteiger partial charge in [0.1, 0.15) is 5.94 Å². The summed E-state index contributed by atoms with van der Waals surface area (Å²) in [5, 5.41) is 9.02. The summed E-state index contributed by atoms with van der Waals surface area (Å²) < 4.78 is 5.45. The molecule has 1 unspecified atom stereocenters. The number of hydrogen-bond donors (Lipinski definition) is 1. The van der Waals surface area contributed by atoms with Crippen molar-refractivity contribution in [2.75, 3.05) is 0 Å². The standard InChI is InChI=1S/C10H14O4/c1-9(2)4-3-5-10(14-9,6-7-11)8(12)13/h6H,3-5H2,1-2H3,(H,12,13). The summed E-state index contributed by atoms with van der Waals surface area (Å²) in [7, 11) is 0. The second kappa shape index (κ2) is 3.56. The first-order valence-corrected chi connectivity index (χ1v) is 4.57. The van der Waals surface area contributed by atoms with Crippen LogP contribution in [-0.2, 0) is 14.3 Å². The van der Waals surface area contributed by atoms with Gasteiger partial charge >= 0.3 is 5.97 Å². The highest BCUT2D eigenvalue weighted by Crippen LogP contribution is 2.35. The number of hydrogen-bond acceptors (Lipinski definition) is 3. The van der Waals surface area contributed by atoms with E-state index in [1.807, 2.05) is 13.8 Å². The smallest absolute Gasteiger partial charge is 0.340 e. The molecule has 0 bridgehead atoms. The summed E-state index contributed by atoms with van der Waals surface area (Å²) in [5.74, 6) is 0.400. The zero-order chi connectivity index (χ0) is 10.8. The lowest BCUT2D eigenvalue weighted by atomic mass is 9.87. The van der Waals surface area contributed by atoms with Gasteiger partial charge in [-0.3, -0.25) is 0 Å². The lowest BCUT2D eigenvalue weighted by molar-refractivity contribution is -0.188. The molecule has 4 heteroatoms. The van der Waals surface area contributed by atoms with E-state index in [4.69, 9.17) is 9.84 Å². The highest BCUT2D eigenvalue weighted by molar-refractivity contribution is 5.82. The first kappa shape index (κ1) is 11.0. The van der Waals surface area contributed by atoms with E-state index in [1.165, 1.54) is 5.94 Å². The van der Waals surface area contributed by atoms with E-state index in [2.05, 4.69) is 0 Å². The van der Waals surface area contributed by atoms with Crippen molar-refractivity contribution in [3.05, 3.63) is 6.08 Å². The van der Waals surface area contributed by atoms with Crippen LogP contribution in [0.25, 0.3) is 0 Å². The second-order valence-corrected chi connectivity index (χ2v) is 4.17. The molecular weight excluding hydrogens is 184 g/mol. The summed E-state index contributed by atoms with van der Waals surface area (Å²) in [4.78, 5) is 21.3. The summed E-state index contributed by atoms with van der Waals surface area (Å²) in [5.41, 5.74) is -1.96. The van der Waals surface area contributed by atoms with Crippen LogP contribution in [0.1, 0.15) is 33.1 Å². The average molecular weight is 198 g/mol. The van der Waals surface area contributed by atoms with Gasteiger partial charge < -0.3 is 9.84 Å². The maximum atomic E-state index is 11.0. The van der Waals surface area contributed by atoms with Crippen LogP contribution in [0.5, 0.6) is 0 Å². The minimum absolute atomic E-state index is 0.334. The van der Waals surface area contributed by atoms with Gasteiger partial charge in [-0.2, -0.15) is 0 Å². The van der Waals surface area contributed by atoms with E-state index in [0.717, 1.165) is 18.9 Å². The first-order valence-electron chi connectivity index (χ1n) is 4.57. The fourth-order valence-corrected chi connectivity index (χ4v) is 1.78. The van der Waals surface area contributed by atoms with Crippen LogP contribution in [0.15, 0.2) is 6.08 Å². The molecule has 1 N–H and O–H groups in total. The van der Waals surface area contributed by atoms with Crippen molar-refractivity contribution in [1.82, 2.24) is 0 Å². The van der Waals surface area contributed by atoms with Crippen LogP contribution < -0.4 is 0 Å². The van der Waals surface area contributed by atoms with Gasteiger partial charge in [-0.1, -0.05) is 0 Å². The molecule has 0 aromatic rings. The number of carboxylic acid groups (broad SMARTS) is 1. The monoisotopic (exact) mass is 198 g/mol.